The van der Waals surface area contributed by atoms with E-state index in [1.54, 1.807) is 23.7 Å². The Morgan fingerprint density at radius 3 is 2.25 bits per heavy atom. The Balaban J connectivity index is 1.85. The number of benzene rings is 3. The van der Waals surface area contributed by atoms with Crippen molar-refractivity contribution in [3.8, 4) is 5.75 Å². The van der Waals surface area contributed by atoms with Gasteiger partial charge in [-0.25, -0.2) is 14.3 Å². The van der Waals surface area contributed by atoms with Gasteiger partial charge in [0.05, 0.1) is 7.11 Å². The molecule has 0 saturated heterocycles. The minimum Gasteiger partial charge on any atom is -0.494 e. The van der Waals surface area contributed by atoms with E-state index < -0.39 is 23.4 Å². The Labute approximate surface area is 183 Å². The van der Waals surface area contributed by atoms with Gasteiger partial charge in [-0.15, -0.1) is 0 Å². The second kappa shape index (κ2) is 10.3. The fourth-order valence-corrected chi connectivity index (χ4v) is 2.96. The number of ether oxygens (including phenoxy) is 1. The Hall–Kier alpha value is -4.04. The highest BCUT2D eigenvalue weighted by Crippen LogP contribution is 2.24. The standard InChI is InChI=1S/C24H20F2N2O4/c1-32-22-13-16(4-11-21(22)26)12-20(17-7-9-19(25)10-8-17)24(30)27-14-15-2-5-18(6-3-15)23(29)28-31/h2-13,31H,14H2,1H3,(H,27,30)(H,28,29). The molecular weight excluding hydrogens is 418 g/mol. The molecular formula is C24H20F2N2O4. The van der Waals surface area contributed by atoms with E-state index in [0.717, 1.165) is 5.56 Å². The average Bonchev–Trinajstić information content (AvgIpc) is 2.82. The molecule has 0 atom stereocenters. The summed E-state index contributed by atoms with van der Waals surface area (Å²) in [5, 5.41) is 11.5. The Kier molecular flexibility index (Phi) is 7.30. The van der Waals surface area contributed by atoms with Crippen LogP contribution in [0.5, 0.6) is 5.75 Å². The van der Waals surface area contributed by atoms with Crippen molar-refractivity contribution in [2.24, 2.45) is 0 Å². The van der Waals surface area contributed by atoms with E-state index in [1.807, 2.05) is 0 Å². The third-order valence-electron chi connectivity index (χ3n) is 4.66. The number of rotatable bonds is 7. The first kappa shape index (κ1) is 22.6. The van der Waals surface area contributed by atoms with Crippen LogP contribution < -0.4 is 15.5 Å². The number of amides is 2. The molecule has 0 spiro atoms. The highest BCUT2D eigenvalue weighted by atomic mass is 19.1. The molecule has 0 radical (unpaired) electrons. The number of carbonyl (C=O) groups excluding carboxylic acids is 2. The van der Waals surface area contributed by atoms with E-state index in [4.69, 9.17) is 9.94 Å². The molecule has 0 unspecified atom stereocenters. The summed E-state index contributed by atoms with van der Waals surface area (Å²) in [6.45, 7) is 0.158. The lowest BCUT2D eigenvalue weighted by Gasteiger charge is -2.11. The molecule has 0 saturated carbocycles. The van der Waals surface area contributed by atoms with Gasteiger partial charge in [-0.2, -0.15) is 0 Å². The number of hydroxylamine groups is 1. The van der Waals surface area contributed by atoms with Crippen molar-refractivity contribution in [1.29, 1.82) is 0 Å². The largest absolute Gasteiger partial charge is 0.494 e. The van der Waals surface area contributed by atoms with Crippen LogP contribution in [-0.2, 0) is 11.3 Å². The molecule has 0 bridgehead atoms. The molecule has 0 heterocycles. The van der Waals surface area contributed by atoms with Crippen molar-refractivity contribution < 1.29 is 28.3 Å². The molecule has 32 heavy (non-hydrogen) atoms. The zero-order valence-corrected chi connectivity index (χ0v) is 17.1. The van der Waals surface area contributed by atoms with Gasteiger partial charge in [-0.1, -0.05) is 30.3 Å². The summed E-state index contributed by atoms with van der Waals surface area (Å²) < 4.78 is 32.1. The molecule has 8 heteroatoms. The van der Waals surface area contributed by atoms with Gasteiger partial charge in [-0.3, -0.25) is 14.8 Å². The summed E-state index contributed by atoms with van der Waals surface area (Å²) in [6, 6.07) is 15.9. The average molecular weight is 438 g/mol. The number of carbonyl (C=O) groups is 2. The van der Waals surface area contributed by atoms with Crippen LogP contribution in [0.4, 0.5) is 8.78 Å². The summed E-state index contributed by atoms with van der Waals surface area (Å²) >= 11 is 0. The lowest BCUT2D eigenvalue weighted by atomic mass is 10.0. The van der Waals surface area contributed by atoms with Gasteiger partial charge in [0.2, 0.25) is 0 Å². The zero-order valence-electron chi connectivity index (χ0n) is 17.1. The summed E-state index contributed by atoms with van der Waals surface area (Å²) in [7, 11) is 1.34. The van der Waals surface area contributed by atoms with Crippen LogP contribution >= 0.6 is 0 Å². The minimum absolute atomic E-state index is 0.0321. The van der Waals surface area contributed by atoms with Crippen molar-refractivity contribution >= 4 is 23.5 Å². The predicted octanol–water partition coefficient (Wildman–Crippen LogP) is 3.95. The zero-order chi connectivity index (χ0) is 23.1. The van der Waals surface area contributed by atoms with Crippen LogP contribution in [0.2, 0.25) is 0 Å². The Bertz CT molecular complexity index is 1140. The SMILES string of the molecule is COc1cc(C=C(C(=O)NCc2ccc(C(=O)NO)cc2)c2ccc(F)cc2)ccc1F. The lowest BCUT2D eigenvalue weighted by Crippen LogP contribution is -2.24. The summed E-state index contributed by atoms with van der Waals surface area (Å²) in [5.74, 6) is -2.02. The predicted molar refractivity (Wildman–Crippen MR) is 115 cm³/mol. The van der Waals surface area contributed by atoms with Crippen molar-refractivity contribution in [2.75, 3.05) is 7.11 Å². The molecule has 0 aliphatic rings. The number of methoxy groups -OCH3 is 1. The fraction of sp³-hybridized carbons (Fsp3) is 0.0833. The van der Waals surface area contributed by atoms with Crippen LogP contribution in [0.3, 0.4) is 0 Å². The second-order valence-corrected chi connectivity index (χ2v) is 6.78. The van der Waals surface area contributed by atoms with E-state index in [9.17, 15) is 18.4 Å². The molecule has 3 aromatic rings. The highest BCUT2D eigenvalue weighted by Gasteiger charge is 2.14. The van der Waals surface area contributed by atoms with Crippen molar-refractivity contribution in [3.63, 3.8) is 0 Å². The van der Waals surface area contributed by atoms with E-state index >= 15 is 0 Å². The Morgan fingerprint density at radius 2 is 1.62 bits per heavy atom. The smallest absolute Gasteiger partial charge is 0.274 e. The van der Waals surface area contributed by atoms with Crippen LogP contribution in [0, 0.1) is 11.6 Å². The van der Waals surface area contributed by atoms with E-state index in [2.05, 4.69) is 5.32 Å². The van der Waals surface area contributed by atoms with E-state index in [-0.39, 0.29) is 23.4 Å². The molecule has 6 nitrogen and oxygen atoms in total. The monoisotopic (exact) mass is 438 g/mol. The van der Waals surface area contributed by atoms with Gasteiger partial charge in [0.25, 0.3) is 11.8 Å². The molecule has 0 aliphatic heterocycles. The van der Waals surface area contributed by atoms with Crippen LogP contribution in [0.1, 0.15) is 27.0 Å². The fourth-order valence-electron chi connectivity index (χ4n) is 2.96. The van der Waals surface area contributed by atoms with Crippen molar-refractivity contribution in [1.82, 2.24) is 10.8 Å². The van der Waals surface area contributed by atoms with Gasteiger partial charge < -0.3 is 10.1 Å². The lowest BCUT2D eigenvalue weighted by molar-refractivity contribution is -0.115. The highest BCUT2D eigenvalue weighted by molar-refractivity contribution is 6.24. The number of nitrogens with one attached hydrogen (secondary N) is 2. The molecule has 164 valence electrons. The molecule has 0 aliphatic carbocycles. The van der Waals surface area contributed by atoms with Gasteiger partial charge in [0.1, 0.15) is 5.82 Å². The first-order valence-electron chi connectivity index (χ1n) is 9.54. The maximum Gasteiger partial charge on any atom is 0.274 e. The number of halogens is 2. The number of hydrogen-bond acceptors (Lipinski definition) is 4. The van der Waals surface area contributed by atoms with Crippen molar-refractivity contribution in [2.45, 2.75) is 6.54 Å². The minimum atomic E-state index is -0.642. The van der Waals surface area contributed by atoms with Crippen LogP contribution in [0.25, 0.3) is 11.6 Å². The quantitative estimate of drug-likeness (QED) is 0.226. The maximum absolute atomic E-state index is 13.7. The summed E-state index contributed by atoms with van der Waals surface area (Å²) in [6.07, 6.45) is 1.55. The van der Waals surface area contributed by atoms with Gasteiger partial charge >= 0.3 is 0 Å². The number of hydrogen-bond donors (Lipinski definition) is 3. The Morgan fingerprint density at radius 1 is 0.969 bits per heavy atom. The molecule has 2 amide bonds. The third-order valence-corrected chi connectivity index (χ3v) is 4.66. The van der Waals surface area contributed by atoms with Gasteiger partial charge in [0, 0.05) is 17.7 Å². The molecule has 0 aromatic heterocycles. The molecule has 3 aromatic carbocycles. The topological polar surface area (TPSA) is 87.7 Å². The molecule has 3 N–H and O–H groups in total. The summed E-state index contributed by atoms with van der Waals surface area (Å²) in [5.41, 5.74) is 3.77. The third kappa shape index (κ3) is 5.55. The normalized spacial score (nSPS) is 11.1. The van der Waals surface area contributed by atoms with Crippen LogP contribution in [-0.4, -0.2) is 24.1 Å². The van der Waals surface area contributed by atoms with E-state index in [1.165, 1.54) is 61.7 Å². The first-order valence-corrected chi connectivity index (χ1v) is 9.54. The van der Waals surface area contributed by atoms with Gasteiger partial charge in [0.15, 0.2) is 11.6 Å². The molecule has 3 rings (SSSR count). The van der Waals surface area contributed by atoms with Gasteiger partial charge in [-0.05, 0) is 59.2 Å². The summed E-state index contributed by atoms with van der Waals surface area (Å²) in [4.78, 5) is 24.4. The van der Waals surface area contributed by atoms with Crippen LogP contribution in [0.15, 0.2) is 66.7 Å². The first-order chi connectivity index (χ1) is 15.4. The molecule has 0 fully saturated rings. The van der Waals surface area contributed by atoms with E-state index in [0.29, 0.717) is 11.1 Å². The second-order valence-electron chi connectivity index (χ2n) is 6.78. The van der Waals surface area contributed by atoms with Crippen molar-refractivity contribution in [3.05, 3.63) is 101 Å². The maximum atomic E-state index is 13.7.